The molecule has 0 saturated carbocycles. The topological polar surface area (TPSA) is 80.3 Å². The van der Waals surface area contributed by atoms with Crippen LogP contribution in [-0.2, 0) is 0 Å². The maximum absolute atomic E-state index is 10.3. The minimum absolute atomic E-state index is 0. The molecule has 0 amide bonds. The summed E-state index contributed by atoms with van der Waals surface area (Å²) in [5, 5.41) is 20.6. The van der Waals surface area contributed by atoms with Crippen molar-refractivity contribution in [3.63, 3.8) is 0 Å². The van der Waals surface area contributed by atoms with Gasteiger partial charge in [-0.1, -0.05) is 68.3 Å². The standard InChI is InChI=1S/2C7H5BrO2.Mg/c2*8-6-4-2-1-3-5(6)7(9)10;/h2*1-4H,(H,9,10);/q;;+2/p-2. The molecule has 0 N–H and O–H groups in total. The Hall–Kier alpha value is -0.894. The molecule has 21 heavy (non-hydrogen) atoms. The van der Waals surface area contributed by atoms with Crippen molar-refractivity contribution in [3.05, 3.63) is 68.6 Å². The van der Waals surface area contributed by atoms with Crippen molar-refractivity contribution in [1.82, 2.24) is 0 Å². The van der Waals surface area contributed by atoms with E-state index in [1.54, 1.807) is 36.4 Å². The molecule has 0 unspecified atom stereocenters. The monoisotopic (exact) mass is 422 g/mol. The van der Waals surface area contributed by atoms with Crippen molar-refractivity contribution in [3.8, 4) is 0 Å². The first-order valence-corrected chi connectivity index (χ1v) is 6.94. The molecule has 0 bridgehead atoms. The van der Waals surface area contributed by atoms with E-state index in [9.17, 15) is 19.8 Å². The molecule has 104 valence electrons. The summed E-state index contributed by atoms with van der Waals surface area (Å²) in [6.45, 7) is 0. The summed E-state index contributed by atoms with van der Waals surface area (Å²) in [5.41, 5.74) is 0.366. The molecular weight excluding hydrogens is 416 g/mol. The van der Waals surface area contributed by atoms with Crippen LogP contribution in [0.1, 0.15) is 20.7 Å². The Kier molecular flexibility index (Phi) is 9.51. The average molecular weight is 424 g/mol. The molecule has 0 heterocycles. The maximum atomic E-state index is 10.3. The fourth-order valence-electron chi connectivity index (χ4n) is 1.25. The number of rotatable bonds is 2. The Balaban J connectivity index is 0.000000364. The van der Waals surface area contributed by atoms with Gasteiger partial charge >= 0.3 is 23.1 Å². The van der Waals surface area contributed by atoms with Gasteiger partial charge in [0.05, 0.1) is 11.9 Å². The zero-order chi connectivity index (χ0) is 15.1. The van der Waals surface area contributed by atoms with Gasteiger partial charge < -0.3 is 19.8 Å². The van der Waals surface area contributed by atoms with E-state index >= 15 is 0 Å². The number of carboxylic acids is 2. The van der Waals surface area contributed by atoms with Crippen molar-refractivity contribution < 1.29 is 19.8 Å². The van der Waals surface area contributed by atoms with Gasteiger partial charge in [-0.05, 0) is 12.1 Å². The second-order valence-electron chi connectivity index (χ2n) is 3.53. The van der Waals surface area contributed by atoms with Crippen LogP contribution in [0.4, 0.5) is 0 Å². The molecule has 0 spiro atoms. The van der Waals surface area contributed by atoms with Gasteiger partial charge in [-0.2, -0.15) is 0 Å². The SMILES string of the molecule is O=C([O-])c1ccccc1Br.O=C([O-])c1ccccc1Br.[Mg+2]. The Morgan fingerprint density at radius 2 is 1.00 bits per heavy atom. The van der Waals surface area contributed by atoms with E-state index < -0.39 is 11.9 Å². The molecule has 2 rings (SSSR count). The van der Waals surface area contributed by atoms with Gasteiger partial charge in [0.1, 0.15) is 0 Å². The fourth-order valence-corrected chi connectivity index (χ4v) is 2.15. The molecule has 0 aromatic heterocycles. The Morgan fingerprint density at radius 3 is 1.19 bits per heavy atom. The molecule has 0 radical (unpaired) electrons. The first-order valence-electron chi connectivity index (χ1n) is 5.35. The van der Waals surface area contributed by atoms with E-state index in [0.29, 0.717) is 8.95 Å². The molecule has 0 fully saturated rings. The number of carbonyl (C=O) groups is 2. The largest absolute Gasteiger partial charge is 2.00 e. The minimum Gasteiger partial charge on any atom is -0.545 e. The van der Waals surface area contributed by atoms with Crippen molar-refractivity contribution in [2.45, 2.75) is 0 Å². The number of carbonyl (C=O) groups excluding carboxylic acids is 2. The third-order valence-electron chi connectivity index (χ3n) is 2.19. The van der Waals surface area contributed by atoms with Gasteiger partial charge in [-0.25, -0.2) is 0 Å². The second kappa shape index (κ2) is 9.94. The van der Waals surface area contributed by atoms with E-state index in [1.807, 2.05) is 0 Å². The quantitative estimate of drug-likeness (QED) is 0.680. The normalized spacial score (nSPS) is 8.86. The summed E-state index contributed by atoms with van der Waals surface area (Å²) >= 11 is 6.15. The van der Waals surface area contributed by atoms with Crippen molar-refractivity contribution in [2.75, 3.05) is 0 Å². The van der Waals surface area contributed by atoms with Crippen molar-refractivity contribution >= 4 is 66.9 Å². The van der Waals surface area contributed by atoms with Crippen LogP contribution in [0.25, 0.3) is 0 Å². The van der Waals surface area contributed by atoms with Gasteiger partial charge in [-0.3, -0.25) is 0 Å². The summed E-state index contributed by atoms with van der Waals surface area (Å²) in [5.74, 6) is -2.32. The summed E-state index contributed by atoms with van der Waals surface area (Å²) in [4.78, 5) is 20.6. The maximum Gasteiger partial charge on any atom is 2.00 e. The van der Waals surface area contributed by atoms with Gasteiger partial charge in [0.2, 0.25) is 0 Å². The zero-order valence-electron chi connectivity index (χ0n) is 10.7. The number of hydrogen-bond acceptors (Lipinski definition) is 4. The molecule has 4 nitrogen and oxygen atoms in total. The number of aromatic carboxylic acids is 2. The number of benzene rings is 2. The van der Waals surface area contributed by atoms with E-state index in [2.05, 4.69) is 31.9 Å². The predicted octanol–water partition coefficient (Wildman–Crippen LogP) is 1.24. The molecular formula is C14H8Br2MgO4. The summed E-state index contributed by atoms with van der Waals surface area (Å²) < 4.78 is 1.10. The van der Waals surface area contributed by atoms with E-state index in [4.69, 9.17) is 0 Å². The zero-order valence-corrected chi connectivity index (χ0v) is 15.3. The fraction of sp³-hybridized carbons (Fsp3) is 0. The Morgan fingerprint density at radius 1 is 0.714 bits per heavy atom. The molecule has 2 aromatic carbocycles. The average Bonchev–Trinajstić information content (AvgIpc) is 2.40. The number of hydrogen-bond donors (Lipinski definition) is 0. The van der Waals surface area contributed by atoms with Crippen LogP contribution in [-0.4, -0.2) is 35.0 Å². The van der Waals surface area contributed by atoms with Crippen LogP contribution in [0.15, 0.2) is 57.5 Å². The van der Waals surface area contributed by atoms with Crippen LogP contribution in [0.3, 0.4) is 0 Å². The van der Waals surface area contributed by atoms with Crippen molar-refractivity contribution in [2.24, 2.45) is 0 Å². The van der Waals surface area contributed by atoms with Crippen molar-refractivity contribution in [1.29, 1.82) is 0 Å². The third-order valence-corrected chi connectivity index (χ3v) is 3.57. The Bertz CT molecular complexity index is 576. The van der Waals surface area contributed by atoms with Crippen LogP contribution < -0.4 is 10.2 Å². The van der Waals surface area contributed by atoms with Crippen LogP contribution in [0, 0.1) is 0 Å². The molecule has 0 aliphatic rings. The van der Waals surface area contributed by atoms with Crippen LogP contribution in [0.2, 0.25) is 0 Å². The summed E-state index contributed by atoms with van der Waals surface area (Å²) in [7, 11) is 0. The summed E-state index contributed by atoms with van der Waals surface area (Å²) in [6.07, 6.45) is 0. The Labute approximate surface area is 154 Å². The van der Waals surface area contributed by atoms with Crippen LogP contribution in [0.5, 0.6) is 0 Å². The van der Waals surface area contributed by atoms with Crippen LogP contribution >= 0.6 is 31.9 Å². The molecule has 0 atom stereocenters. The smallest absolute Gasteiger partial charge is 0.545 e. The molecule has 0 saturated heterocycles. The first-order chi connectivity index (χ1) is 9.43. The van der Waals surface area contributed by atoms with E-state index in [1.165, 1.54) is 12.1 Å². The molecule has 7 heteroatoms. The van der Waals surface area contributed by atoms with Gasteiger partial charge in [-0.15, -0.1) is 0 Å². The first kappa shape index (κ1) is 20.1. The predicted molar refractivity (Wildman–Crippen MR) is 82.7 cm³/mol. The minimum atomic E-state index is -1.16. The van der Waals surface area contributed by atoms with E-state index in [0.717, 1.165) is 0 Å². The molecule has 0 aliphatic carbocycles. The van der Waals surface area contributed by atoms with Gasteiger partial charge in [0.25, 0.3) is 0 Å². The van der Waals surface area contributed by atoms with Gasteiger partial charge in [0.15, 0.2) is 0 Å². The second-order valence-corrected chi connectivity index (χ2v) is 5.24. The number of carboxylic acid groups (broad SMARTS) is 2. The molecule has 2 aromatic rings. The molecule has 0 aliphatic heterocycles. The van der Waals surface area contributed by atoms with Gasteiger partial charge in [0, 0.05) is 20.1 Å². The third kappa shape index (κ3) is 6.60. The van der Waals surface area contributed by atoms with E-state index in [-0.39, 0.29) is 34.2 Å². The number of halogens is 2. The summed E-state index contributed by atoms with van der Waals surface area (Å²) in [6, 6.07) is 13.1.